The molecule has 0 fully saturated rings. The van der Waals surface area contributed by atoms with E-state index in [1.807, 2.05) is 11.8 Å². The molecule has 1 aliphatic carbocycles. The number of nitrogens with zero attached hydrogens (tertiary/aromatic N) is 1. The van der Waals surface area contributed by atoms with Gasteiger partial charge in [0.05, 0.1) is 11.1 Å². The third-order valence-corrected chi connectivity index (χ3v) is 13.8. The number of rotatable bonds is 5. The Morgan fingerprint density at radius 1 is 0.397 bits per heavy atom. The van der Waals surface area contributed by atoms with Gasteiger partial charge in [0.15, 0.2) is 0 Å². The maximum absolute atomic E-state index is 2.53. The van der Waals surface area contributed by atoms with Gasteiger partial charge >= 0.3 is 0 Å². The van der Waals surface area contributed by atoms with Gasteiger partial charge in [0.2, 0.25) is 0 Å². The van der Waals surface area contributed by atoms with Crippen LogP contribution in [0, 0.1) is 0 Å². The SMILES string of the molecule is CC1(C)c2ccccc2C2(c3ccccc3Sc3c2ccc2ccccc32)c2cc(N(c3ccc(-c4ccccc4)cc3)c3ccccc3-c3ccccc3)ccc21. The molecular formula is C56H41NS. The fraction of sp³-hybridized carbons (Fsp3) is 0.0714. The van der Waals surface area contributed by atoms with Crippen LogP contribution in [0.3, 0.4) is 0 Å². The number of anilines is 3. The van der Waals surface area contributed by atoms with E-state index in [0.29, 0.717) is 0 Å². The Morgan fingerprint density at radius 2 is 0.966 bits per heavy atom. The van der Waals surface area contributed by atoms with Gasteiger partial charge in [-0.05, 0) is 97.2 Å². The zero-order valence-electron chi connectivity index (χ0n) is 32.6. The van der Waals surface area contributed by atoms with Gasteiger partial charge in [-0.25, -0.2) is 0 Å². The summed E-state index contributed by atoms with van der Waals surface area (Å²) in [7, 11) is 0. The van der Waals surface area contributed by atoms with Crippen LogP contribution < -0.4 is 4.90 Å². The van der Waals surface area contributed by atoms with Gasteiger partial charge in [0.25, 0.3) is 0 Å². The standard InChI is InChI=1S/C56H41NS/c1-55(2)46-24-12-13-25-48(46)56(49-26-14-16-28-53(49)58-54-45-23-10-9-21-41(45)31-35-50(54)56)51-37-43(34-36-47(51)55)57(42-32-29-39(30-33-42)38-17-5-3-6-18-38)52-27-15-11-22-44(52)40-19-7-4-8-20-40/h3-37H,1-2H3. The number of para-hydroxylation sites is 1. The van der Waals surface area contributed by atoms with Crippen molar-refractivity contribution in [1.29, 1.82) is 0 Å². The predicted octanol–water partition coefficient (Wildman–Crippen LogP) is 15.1. The third kappa shape index (κ3) is 5.18. The summed E-state index contributed by atoms with van der Waals surface area (Å²) in [6.45, 7) is 4.82. The van der Waals surface area contributed by atoms with Crippen LogP contribution in [0.25, 0.3) is 33.0 Å². The Bertz CT molecular complexity index is 3000. The Hall–Kier alpha value is -6.61. The van der Waals surface area contributed by atoms with Crippen LogP contribution in [0.1, 0.15) is 47.2 Å². The minimum absolute atomic E-state index is 0.240. The fourth-order valence-corrected chi connectivity index (χ4v) is 11.2. The second-order valence-electron chi connectivity index (χ2n) is 16.0. The molecule has 0 bridgehead atoms. The molecule has 2 heteroatoms. The summed E-state index contributed by atoms with van der Waals surface area (Å²) in [5.74, 6) is 0. The van der Waals surface area contributed by atoms with Crippen LogP contribution in [0.5, 0.6) is 0 Å². The van der Waals surface area contributed by atoms with E-state index in [0.717, 1.165) is 17.1 Å². The summed E-state index contributed by atoms with van der Waals surface area (Å²) in [6, 6.07) is 78.8. The predicted molar refractivity (Wildman–Crippen MR) is 244 cm³/mol. The molecule has 2 aliphatic rings. The minimum atomic E-state index is -0.555. The van der Waals surface area contributed by atoms with Crippen LogP contribution in [0.2, 0.25) is 0 Å². The van der Waals surface area contributed by atoms with Gasteiger partial charge in [-0.2, -0.15) is 0 Å². The topological polar surface area (TPSA) is 3.24 Å². The van der Waals surface area contributed by atoms with Crippen molar-refractivity contribution in [2.45, 2.75) is 34.5 Å². The molecule has 58 heavy (non-hydrogen) atoms. The van der Waals surface area contributed by atoms with Gasteiger partial charge in [0, 0.05) is 32.1 Å². The van der Waals surface area contributed by atoms with Crippen molar-refractivity contribution >= 4 is 39.6 Å². The molecule has 9 aromatic carbocycles. The van der Waals surface area contributed by atoms with E-state index in [-0.39, 0.29) is 5.41 Å². The minimum Gasteiger partial charge on any atom is -0.310 e. The Kier molecular flexibility index (Phi) is 8.06. The highest BCUT2D eigenvalue weighted by molar-refractivity contribution is 7.99. The first-order chi connectivity index (χ1) is 28.5. The summed E-state index contributed by atoms with van der Waals surface area (Å²) < 4.78 is 0. The molecule has 1 atom stereocenters. The largest absolute Gasteiger partial charge is 0.310 e. The van der Waals surface area contributed by atoms with E-state index in [1.165, 1.54) is 76.2 Å². The van der Waals surface area contributed by atoms with E-state index >= 15 is 0 Å². The highest BCUT2D eigenvalue weighted by atomic mass is 32.2. The Morgan fingerprint density at radius 3 is 1.76 bits per heavy atom. The first-order valence-corrected chi connectivity index (χ1v) is 21.0. The van der Waals surface area contributed by atoms with Crippen LogP contribution in [0.4, 0.5) is 17.1 Å². The molecule has 0 amide bonds. The summed E-state index contributed by atoms with van der Waals surface area (Å²) in [4.78, 5) is 5.12. The van der Waals surface area contributed by atoms with Gasteiger partial charge < -0.3 is 4.90 Å². The number of benzene rings is 9. The number of hydrogen-bond donors (Lipinski definition) is 0. The van der Waals surface area contributed by atoms with Gasteiger partial charge in [-0.15, -0.1) is 0 Å². The molecule has 9 aromatic rings. The lowest BCUT2D eigenvalue weighted by Gasteiger charge is -2.50. The molecule has 1 unspecified atom stereocenters. The summed E-state index contributed by atoms with van der Waals surface area (Å²) in [5, 5.41) is 2.57. The molecule has 276 valence electrons. The van der Waals surface area contributed by atoms with E-state index in [2.05, 4.69) is 231 Å². The van der Waals surface area contributed by atoms with Crippen molar-refractivity contribution in [2.75, 3.05) is 4.90 Å². The van der Waals surface area contributed by atoms with Crippen molar-refractivity contribution in [3.8, 4) is 22.3 Å². The van der Waals surface area contributed by atoms with Crippen molar-refractivity contribution in [2.24, 2.45) is 0 Å². The molecule has 0 saturated carbocycles. The fourth-order valence-electron chi connectivity index (χ4n) is 9.91. The number of hydrogen-bond acceptors (Lipinski definition) is 2. The first kappa shape index (κ1) is 34.6. The van der Waals surface area contributed by atoms with Gasteiger partial charge in [-0.3, -0.25) is 0 Å². The van der Waals surface area contributed by atoms with Crippen molar-refractivity contribution in [3.05, 3.63) is 246 Å². The van der Waals surface area contributed by atoms with Crippen LogP contribution in [-0.4, -0.2) is 0 Å². The second-order valence-corrected chi connectivity index (χ2v) is 17.1. The Labute approximate surface area is 345 Å². The molecular weight excluding hydrogens is 719 g/mol. The van der Waals surface area contributed by atoms with Crippen molar-refractivity contribution in [1.82, 2.24) is 0 Å². The highest BCUT2D eigenvalue weighted by Crippen LogP contribution is 2.63. The van der Waals surface area contributed by atoms with E-state index in [9.17, 15) is 0 Å². The molecule has 1 nitrogen and oxygen atoms in total. The van der Waals surface area contributed by atoms with Gasteiger partial charge in [0.1, 0.15) is 0 Å². The lowest BCUT2D eigenvalue weighted by atomic mass is 9.54. The van der Waals surface area contributed by atoms with E-state index < -0.39 is 5.41 Å². The third-order valence-electron chi connectivity index (χ3n) is 12.6. The molecule has 1 aliphatic heterocycles. The number of fused-ring (bicyclic) bond motifs is 10. The zero-order chi connectivity index (χ0) is 38.8. The molecule has 0 radical (unpaired) electrons. The van der Waals surface area contributed by atoms with E-state index in [1.54, 1.807) is 0 Å². The average Bonchev–Trinajstić information content (AvgIpc) is 3.29. The molecule has 1 heterocycles. The molecule has 0 aromatic heterocycles. The maximum Gasteiger partial charge on any atom is 0.0730 e. The average molecular weight is 760 g/mol. The first-order valence-electron chi connectivity index (χ1n) is 20.2. The molecule has 0 N–H and O–H groups in total. The van der Waals surface area contributed by atoms with E-state index in [4.69, 9.17) is 0 Å². The lowest BCUT2D eigenvalue weighted by molar-refractivity contribution is 0.550. The van der Waals surface area contributed by atoms with Gasteiger partial charge in [-0.1, -0.05) is 202 Å². The van der Waals surface area contributed by atoms with Crippen LogP contribution in [0.15, 0.2) is 222 Å². The summed E-state index contributed by atoms with van der Waals surface area (Å²) in [6.07, 6.45) is 0. The summed E-state index contributed by atoms with van der Waals surface area (Å²) >= 11 is 1.92. The van der Waals surface area contributed by atoms with Crippen molar-refractivity contribution < 1.29 is 0 Å². The van der Waals surface area contributed by atoms with Crippen LogP contribution >= 0.6 is 11.8 Å². The smallest absolute Gasteiger partial charge is 0.0730 e. The highest BCUT2D eigenvalue weighted by Gasteiger charge is 2.52. The Balaban J connectivity index is 1.23. The van der Waals surface area contributed by atoms with Crippen LogP contribution in [-0.2, 0) is 10.8 Å². The zero-order valence-corrected chi connectivity index (χ0v) is 33.4. The molecule has 11 rings (SSSR count). The summed E-state index contributed by atoms with van der Waals surface area (Å²) in [5.41, 5.74) is 15.5. The second kappa shape index (κ2) is 13.5. The lowest BCUT2D eigenvalue weighted by Crippen LogP contribution is -2.43. The normalized spacial score (nSPS) is 15.9. The maximum atomic E-state index is 2.53. The van der Waals surface area contributed by atoms with Crippen molar-refractivity contribution in [3.63, 3.8) is 0 Å². The molecule has 0 saturated heterocycles. The monoisotopic (exact) mass is 759 g/mol. The molecule has 1 spiro atoms. The quantitative estimate of drug-likeness (QED) is 0.172.